The molecule has 1 unspecified atom stereocenters. The standard InChI is InChI=1S/C16H16FNO2S/c1-21(19)18-16(14-9-5-6-10-15(14)17)12-20-11-13-7-3-2-4-8-13/h2-10H,11-12H2,1H3. The van der Waals surface area contributed by atoms with E-state index in [1.54, 1.807) is 18.2 Å². The highest BCUT2D eigenvalue weighted by Crippen LogP contribution is 2.10. The van der Waals surface area contributed by atoms with Gasteiger partial charge in [0.25, 0.3) is 0 Å². The molecule has 2 rings (SSSR count). The summed E-state index contributed by atoms with van der Waals surface area (Å²) < 4.78 is 34.6. The highest BCUT2D eigenvalue weighted by Gasteiger charge is 2.10. The van der Waals surface area contributed by atoms with Gasteiger partial charge in [-0.05, 0) is 11.6 Å². The molecule has 0 spiro atoms. The van der Waals surface area contributed by atoms with Gasteiger partial charge in [-0.3, -0.25) is 0 Å². The van der Waals surface area contributed by atoms with E-state index in [9.17, 15) is 8.60 Å². The Kier molecular flexibility index (Phi) is 5.78. The van der Waals surface area contributed by atoms with E-state index in [0.29, 0.717) is 17.9 Å². The molecule has 21 heavy (non-hydrogen) atoms. The van der Waals surface area contributed by atoms with Crippen molar-refractivity contribution in [3.63, 3.8) is 0 Å². The molecule has 3 nitrogen and oxygen atoms in total. The van der Waals surface area contributed by atoms with Crippen LogP contribution in [0.5, 0.6) is 0 Å². The van der Waals surface area contributed by atoms with Gasteiger partial charge in [-0.2, -0.15) is 4.40 Å². The molecule has 0 N–H and O–H groups in total. The van der Waals surface area contributed by atoms with Crippen LogP contribution in [0.1, 0.15) is 11.1 Å². The summed E-state index contributed by atoms with van der Waals surface area (Å²) in [5, 5.41) is 0. The minimum atomic E-state index is -1.41. The fourth-order valence-corrected chi connectivity index (χ4v) is 2.30. The Morgan fingerprint density at radius 3 is 2.48 bits per heavy atom. The van der Waals surface area contributed by atoms with Crippen molar-refractivity contribution < 1.29 is 13.3 Å². The summed E-state index contributed by atoms with van der Waals surface area (Å²) in [5.74, 6) is -0.398. The van der Waals surface area contributed by atoms with Crippen molar-refractivity contribution in [2.75, 3.05) is 12.9 Å². The summed E-state index contributed by atoms with van der Waals surface area (Å²) in [4.78, 5) is 0. The molecule has 2 aromatic rings. The Bertz CT molecular complexity index is 644. The zero-order chi connectivity index (χ0) is 15.1. The summed E-state index contributed by atoms with van der Waals surface area (Å²) in [7, 11) is -1.41. The maximum atomic E-state index is 13.8. The molecule has 0 aromatic heterocycles. The van der Waals surface area contributed by atoms with Gasteiger partial charge in [-0.15, -0.1) is 0 Å². The van der Waals surface area contributed by atoms with E-state index in [4.69, 9.17) is 4.74 Å². The highest BCUT2D eigenvalue weighted by molar-refractivity contribution is 7.83. The lowest BCUT2D eigenvalue weighted by Crippen LogP contribution is -2.13. The Hall–Kier alpha value is -1.85. The van der Waals surface area contributed by atoms with Crippen LogP contribution >= 0.6 is 0 Å². The number of hydrogen-bond donors (Lipinski definition) is 0. The van der Waals surface area contributed by atoms with Crippen LogP contribution in [0.4, 0.5) is 4.39 Å². The second-order valence-electron chi connectivity index (χ2n) is 4.42. The molecule has 2 aromatic carbocycles. The Morgan fingerprint density at radius 1 is 1.14 bits per heavy atom. The van der Waals surface area contributed by atoms with Gasteiger partial charge in [-0.25, -0.2) is 8.60 Å². The number of hydrogen-bond acceptors (Lipinski definition) is 2. The molecule has 5 heteroatoms. The summed E-state index contributed by atoms with van der Waals surface area (Å²) in [5.41, 5.74) is 1.69. The molecular weight excluding hydrogens is 289 g/mol. The fraction of sp³-hybridized carbons (Fsp3) is 0.188. The molecule has 110 valence electrons. The van der Waals surface area contributed by atoms with E-state index >= 15 is 0 Å². The van der Waals surface area contributed by atoms with Crippen LogP contribution in [-0.4, -0.2) is 22.8 Å². The Labute approximate surface area is 126 Å². The van der Waals surface area contributed by atoms with Crippen molar-refractivity contribution in [1.82, 2.24) is 0 Å². The van der Waals surface area contributed by atoms with Gasteiger partial charge in [0.05, 0.1) is 18.9 Å². The molecule has 0 fully saturated rings. The first-order valence-electron chi connectivity index (χ1n) is 6.44. The first-order chi connectivity index (χ1) is 10.2. The molecule has 0 saturated carbocycles. The van der Waals surface area contributed by atoms with Crippen molar-refractivity contribution in [3.05, 3.63) is 71.5 Å². The maximum Gasteiger partial charge on any atom is 0.136 e. The quantitative estimate of drug-likeness (QED) is 0.769. The van der Waals surface area contributed by atoms with Gasteiger partial charge < -0.3 is 4.74 Å². The van der Waals surface area contributed by atoms with E-state index < -0.39 is 16.8 Å². The SMILES string of the molecule is CS(=O)N=C(COCc1ccccc1)c1ccccc1F. The molecule has 0 radical (unpaired) electrons. The average Bonchev–Trinajstić information content (AvgIpc) is 2.47. The minimum Gasteiger partial charge on any atom is -0.370 e. The van der Waals surface area contributed by atoms with Crippen molar-refractivity contribution in [2.24, 2.45) is 4.40 Å². The molecule has 0 aliphatic carbocycles. The van der Waals surface area contributed by atoms with Crippen LogP contribution in [-0.2, 0) is 22.3 Å². The molecule has 1 atom stereocenters. The predicted molar refractivity (Wildman–Crippen MR) is 83.1 cm³/mol. The zero-order valence-electron chi connectivity index (χ0n) is 11.7. The third-order valence-electron chi connectivity index (χ3n) is 2.77. The summed E-state index contributed by atoms with van der Waals surface area (Å²) in [6, 6.07) is 15.9. The topological polar surface area (TPSA) is 38.7 Å². The normalized spacial score (nSPS) is 13.1. The number of benzene rings is 2. The van der Waals surface area contributed by atoms with Crippen LogP contribution in [0, 0.1) is 5.82 Å². The van der Waals surface area contributed by atoms with Crippen molar-refractivity contribution >= 4 is 16.7 Å². The lowest BCUT2D eigenvalue weighted by Gasteiger charge is -2.08. The van der Waals surface area contributed by atoms with Gasteiger partial charge in [-0.1, -0.05) is 48.5 Å². The van der Waals surface area contributed by atoms with E-state index in [0.717, 1.165) is 5.56 Å². The third-order valence-corrected chi connectivity index (χ3v) is 3.25. The first kappa shape index (κ1) is 15.5. The molecular formula is C16H16FNO2S. The van der Waals surface area contributed by atoms with Crippen LogP contribution in [0.15, 0.2) is 59.0 Å². The average molecular weight is 305 g/mol. The van der Waals surface area contributed by atoms with Gasteiger partial charge in [0.2, 0.25) is 0 Å². The van der Waals surface area contributed by atoms with Crippen molar-refractivity contribution in [1.29, 1.82) is 0 Å². The van der Waals surface area contributed by atoms with Gasteiger partial charge >= 0.3 is 0 Å². The lowest BCUT2D eigenvalue weighted by molar-refractivity contribution is 0.158. The largest absolute Gasteiger partial charge is 0.370 e. The monoisotopic (exact) mass is 305 g/mol. The molecule has 0 aliphatic rings. The summed E-state index contributed by atoms with van der Waals surface area (Å²) in [6.45, 7) is 0.500. The molecule has 0 saturated heterocycles. The van der Waals surface area contributed by atoms with Crippen molar-refractivity contribution in [3.8, 4) is 0 Å². The van der Waals surface area contributed by atoms with Crippen LogP contribution in [0.2, 0.25) is 0 Å². The number of halogens is 1. The minimum absolute atomic E-state index is 0.107. The lowest BCUT2D eigenvalue weighted by atomic mass is 10.1. The predicted octanol–water partition coefficient (Wildman–Crippen LogP) is 3.13. The smallest absolute Gasteiger partial charge is 0.136 e. The second-order valence-corrected chi connectivity index (χ2v) is 5.45. The molecule has 0 bridgehead atoms. The second kappa shape index (κ2) is 7.81. The van der Waals surface area contributed by atoms with Crippen LogP contribution < -0.4 is 0 Å². The highest BCUT2D eigenvalue weighted by atomic mass is 32.2. The Balaban J connectivity index is 2.08. The van der Waals surface area contributed by atoms with E-state index in [-0.39, 0.29) is 6.61 Å². The van der Waals surface area contributed by atoms with Gasteiger partial charge in [0.1, 0.15) is 16.8 Å². The number of rotatable bonds is 6. The van der Waals surface area contributed by atoms with E-state index in [1.165, 1.54) is 12.3 Å². The number of ether oxygens (including phenoxy) is 1. The molecule has 0 amide bonds. The van der Waals surface area contributed by atoms with Crippen LogP contribution in [0.25, 0.3) is 0 Å². The van der Waals surface area contributed by atoms with Gasteiger partial charge in [0.15, 0.2) is 0 Å². The molecule has 0 heterocycles. The zero-order valence-corrected chi connectivity index (χ0v) is 12.5. The Morgan fingerprint density at radius 2 is 1.81 bits per heavy atom. The fourth-order valence-electron chi connectivity index (χ4n) is 1.84. The van der Waals surface area contributed by atoms with Gasteiger partial charge in [0, 0.05) is 11.8 Å². The van der Waals surface area contributed by atoms with E-state index in [2.05, 4.69) is 4.40 Å². The molecule has 0 aliphatic heterocycles. The van der Waals surface area contributed by atoms with Crippen LogP contribution in [0.3, 0.4) is 0 Å². The van der Waals surface area contributed by atoms with Crippen molar-refractivity contribution in [2.45, 2.75) is 6.61 Å². The first-order valence-corrected chi connectivity index (χ1v) is 7.96. The summed E-state index contributed by atoms with van der Waals surface area (Å²) in [6.07, 6.45) is 1.44. The maximum absolute atomic E-state index is 13.8. The third kappa shape index (κ3) is 4.88. The number of nitrogens with zero attached hydrogens (tertiary/aromatic N) is 1. The van der Waals surface area contributed by atoms with E-state index in [1.807, 2.05) is 30.3 Å². The summed E-state index contributed by atoms with van der Waals surface area (Å²) >= 11 is 0.